The Bertz CT molecular complexity index is 905. The van der Waals surface area contributed by atoms with E-state index < -0.39 is 0 Å². The number of carbonyl (C=O) groups is 1. The summed E-state index contributed by atoms with van der Waals surface area (Å²) < 4.78 is 5.96. The summed E-state index contributed by atoms with van der Waals surface area (Å²) in [4.78, 5) is 26.2. The highest BCUT2D eigenvalue weighted by Crippen LogP contribution is 2.20. The van der Waals surface area contributed by atoms with Crippen LogP contribution < -0.4 is 4.74 Å². The molecule has 1 amide bonds. The predicted octanol–water partition coefficient (Wildman–Crippen LogP) is 2.95. The number of H-pyrrole nitrogens is 1. The highest BCUT2D eigenvalue weighted by Gasteiger charge is 2.26. The molecule has 0 radical (unpaired) electrons. The van der Waals surface area contributed by atoms with Crippen LogP contribution in [-0.2, 0) is 0 Å². The minimum atomic E-state index is -0.0405. The lowest BCUT2D eigenvalue weighted by Crippen LogP contribution is -2.44. The van der Waals surface area contributed by atoms with Crippen LogP contribution in [0.5, 0.6) is 5.88 Å². The summed E-state index contributed by atoms with van der Waals surface area (Å²) in [5, 5.41) is 1.11. The van der Waals surface area contributed by atoms with Gasteiger partial charge in [0.25, 0.3) is 5.91 Å². The van der Waals surface area contributed by atoms with Gasteiger partial charge in [-0.2, -0.15) is 4.98 Å². The zero-order chi connectivity index (χ0) is 17.2. The normalized spacial score (nSPS) is 17.6. The Kier molecular flexibility index (Phi) is 4.09. The molecule has 1 atom stereocenters. The van der Waals surface area contributed by atoms with Gasteiger partial charge in [-0.15, -0.1) is 0 Å². The van der Waals surface area contributed by atoms with Crippen molar-refractivity contribution in [2.45, 2.75) is 25.9 Å². The molecule has 1 aliphatic heterocycles. The Labute approximate surface area is 145 Å². The third kappa shape index (κ3) is 3.33. The molecule has 1 unspecified atom stereocenters. The van der Waals surface area contributed by atoms with E-state index >= 15 is 0 Å². The van der Waals surface area contributed by atoms with E-state index in [1.807, 2.05) is 42.3 Å². The first kappa shape index (κ1) is 15.6. The van der Waals surface area contributed by atoms with Gasteiger partial charge in [-0.3, -0.25) is 4.79 Å². The van der Waals surface area contributed by atoms with Gasteiger partial charge in [0.2, 0.25) is 5.88 Å². The monoisotopic (exact) mass is 336 g/mol. The van der Waals surface area contributed by atoms with Gasteiger partial charge in [-0.05, 0) is 43.4 Å². The van der Waals surface area contributed by atoms with Gasteiger partial charge in [0.15, 0.2) is 0 Å². The molecule has 25 heavy (non-hydrogen) atoms. The number of piperidine rings is 1. The van der Waals surface area contributed by atoms with Crippen LogP contribution in [0.2, 0.25) is 0 Å². The standard InChI is InChI=1S/C19H20N4O2/c1-13-20-9-7-18(22-13)25-16-3-2-10-23(12-16)19(24)15-5-4-14-6-8-21-17(14)11-15/h4-9,11,16,21H,2-3,10,12H2,1H3. The molecule has 2 aromatic heterocycles. The molecule has 1 aliphatic rings. The van der Waals surface area contributed by atoms with E-state index in [9.17, 15) is 4.79 Å². The zero-order valence-corrected chi connectivity index (χ0v) is 14.1. The number of hydrogen-bond donors (Lipinski definition) is 1. The second-order valence-electron chi connectivity index (χ2n) is 6.36. The zero-order valence-electron chi connectivity index (χ0n) is 14.1. The molecular formula is C19H20N4O2. The summed E-state index contributed by atoms with van der Waals surface area (Å²) in [6.07, 6.45) is 5.37. The van der Waals surface area contributed by atoms with Crippen molar-refractivity contribution in [1.82, 2.24) is 19.9 Å². The number of likely N-dealkylation sites (tertiary alicyclic amines) is 1. The number of hydrogen-bond acceptors (Lipinski definition) is 4. The largest absolute Gasteiger partial charge is 0.472 e. The van der Waals surface area contributed by atoms with Gasteiger partial charge < -0.3 is 14.6 Å². The summed E-state index contributed by atoms with van der Waals surface area (Å²) in [7, 11) is 0. The number of ether oxygens (including phenoxy) is 1. The number of aryl methyl sites for hydroxylation is 1. The first-order chi connectivity index (χ1) is 12.2. The average molecular weight is 336 g/mol. The maximum Gasteiger partial charge on any atom is 0.254 e. The van der Waals surface area contributed by atoms with Crippen LogP contribution in [0.15, 0.2) is 42.7 Å². The molecule has 0 aliphatic carbocycles. The van der Waals surface area contributed by atoms with E-state index in [4.69, 9.17) is 4.74 Å². The first-order valence-electron chi connectivity index (χ1n) is 8.52. The van der Waals surface area contributed by atoms with E-state index in [-0.39, 0.29) is 12.0 Å². The molecule has 0 spiro atoms. The van der Waals surface area contributed by atoms with Crippen molar-refractivity contribution in [2.75, 3.05) is 13.1 Å². The fraction of sp³-hybridized carbons (Fsp3) is 0.316. The summed E-state index contributed by atoms with van der Waals surface area (Å²) in [5.41, 5.74) is 1.68. The topological polar surface area (TPSA) is 71.1 Å². The van der Waals surface area contributed by atoms with E-state index in [0.717, 1.165) is 30.3 Å². The van der Waals surface area contributed by atoms with Crippen molar-refractivity contribution in [2.24, 2.45) is 0 Å². The second-order valence-corrected chi connectivity index (χ2v) is 6.36. The number of aromatic nitrogens is 3. The lowest BCUT2D eigenvalue weighted by molar-refractivity contribution is 0.0527. The highest BCUT2D eigenvalue weighted by molar-refractivity contribution is 5.98. The second kappa shape index (κ2) is 6.55. The predicted molar refractivity (Wildman–Crippen MR) is 94.6 cm³/mol. The van der Waals surface area contributed by atoms with Crippen molar-refractivity contribution in [3.63, 3.8) is 0 Å². The maximum atomic E-state index is 12.8. The van der Waals surface area contributed by atoms with E-state index in [2.05, 4.69) is 15.0 Å². The SMILES string of the molecule is Cc1nccc(OC2CCCN(C(=O)c3ccc4cc[nH]c4c3)C2)n1. The maximum absolute atomic E-state index is 12.8. The molecule has 1 N–H and O–H groups in total. The Balaban J connectivity index is 1.47. The number of amides is 1. The van der Waals surface area contributed by atoms with Crippen molar-refractivity contribution < 1.29 is 9.53 Å². The van der Waals surface area contributed by atoms with Crippen LogP contribution in [0.3, 0.4) is 0 Å². The molecule has 1 aromatic carbocycles. The number of rotatable bonds is 3. The molecule has 6 nitrogen and oxygen atoms in total. The van der Waals surface area contributed by atoms with Gasteiger partial charge >= 0.3 is 0 Å². The molecule has 0 saturated carbocycles. The van der Waals surface area contributed by atoms with Crippen molar-refractivity contribution >= 4 is 16.8 Å². The molecular weight excluding hydrogens is 316 g/mol. The van der Waals surface area contributed by atoms with Crippen LogP contribution in [0, 0.1) is 6.92 Å². The van der Waals surface area contributed by atoms with Crippen LogP contribution in [-0.4, -0.2) is 45.0 Å². The molecule has 128 valence electrons. The minimum absolute atomic E-state index is 0.0405. The number of fused-ring (bicyclic) bond motifs is 1. The van der Waals surface area contributed by atoms with Gasteiger partial charge in [0, 0.05) is 36.1 Å². The Hall–Kier alpha value is -2.89. The minimum Gasteiger partial charge on any atom is -0.472 e. The number of nitrogens with zero attached hydrogens (tertiary/aromatic N) is 3. The van der Waals surface area contributed by atoms with E-state index in [0.29, 0.717) is 23.8 Å². The Morgan fingerprint density at radius 2 is 2.24 bits per heavy atom. The molecule has 3 heterocycles. The first-order valence-corrected chi connectivity index (χ1v) is 8.52. The fourth-order valence-corrected chi connectivity index (χ4v) is 3.25. The molecule has 6 heteroatoms. The molecule has 1 saturated heterocycles. The van der Waals surface area contributed by atoms with Gasteiger partial charge in [-0.1, -0.05) is 6.07 Å². The smallest absolute Gasteiger partial charge is 0.254 e. The van der Waals surface area contributed by atoms with Crippen molar-refractivity contribution in [3.05, 3.63) is 54.1 Å². The summed E-state index contributed by atoms with van der Waals surface area (Å²) in [6.45, 7) is 3.16. The Morgan fingerprint density at radius 1 is 1.32 bits per heavy atom. The number of benzene rings is 1. The van der Waals surface area contributed by atoms with Gasteiger partial charge in [0.1, 0.15) is 11.9 Å². The Morgan fingerprint density at radius 3 is 3.12 bits per heavy atom. The molecule has 3 aromatic rings. The van der Waals surface area contributed by atoms with Gasteiger partial charge in [0.05, 0.1) is 6.54 Å². The average Bonchev–Trinajstić information content (AvgIpc) is 3.09. The van der Waals surface area contributed by atoms with Crippen molar-refractivity contribution in [3.8, 4) is 5.88 Å². The van der Waals surface area contributed by atoms with Crippen LogP contribution in [0.4, 0.5) is 0 Å². The van der Waals surface area contributed by atoms with E-state index in [1.165, 1.54) is 0 Å². The summed E-state index contributed by atoms with van der Waals surface area (Å²) in [5.74, 6) is 1.30. The van der Waals surface area contributed by atoms with Crippen molar-refractivity contribution in [1.29, 1.82) is 0 Å². The number of nitrogens with one attached hydrogen (secondary N) is 1. The lowest BCUT2D eigenvalue weighted by Gasteiger charge is -2.32. The molecule has 1 fully saturated rings. The molecule has 4 rings (SSSR count). The summed E-state index contributed by atoms with van der Waals surface area (Å²) >= 11 is 0. The third-order valence-corrected chi connectivity index (χ3v) is 4.51. The van der Waals surface area contributed by atoms with E-state index in [1.54, 1.807) is 12.3 Å². The van der Waals surface area contributed by atoms with Gasteiger partial charge in [-0.25, -0.2) is 4.98 Å². The quantitative estimate of drug-likeness (QED) is 0.798. The van der Waals surface area contributed by atoms with Crippen LogP contribution >= 0.6 is 0 Å². The third-order valence-electron chi connectivity index (χ3n) is 4.51. The number of carbonyl (C=O) groups excluding carboxylic acids is 1. The molecule has 0 bridgehead atoms. The lowest BCUT2D eigenvalue weighted by atomic mass is 10.1. The highest BCUT2D eigenvalue weighted by atomic mass is 16.5. The fourth-order valence-electron chi connectivity index (χ4n) is 3.25. The number of aromatic amines is 1. The van der Waals surface area contributed by atoms with Crippen LogP contribution in [0.25, 0.3) is 10.9 Å². The van der Waals surface area contributed by atoms with Crippen LogP contribution in [0.1, 0.15) is 29.0 Å². The summed E-state index contributed by atoms with van der Waals surface area (Å²) in [6, 6.07) is 9.53.